The van der Waals surface area contributed by atoms with Gasteiger partial charge in [0.2, 0.25) is 5.09 Å². The first-order valence-electron chi connectivity index (χ1n) is 7.88. The Labute approximate surface area is 146 Å². The minimum Gasteiger partial charge on any atom is -0.438 e. The van der Waals surface area contributed by atoms with Crippen molar-refractivity contribution in [1.82, 2.24) is 9.62 Å². The third-order valence-electron chi connectivity index (χ3n) is 4.27. The zero-order valence-electron chi connectivity index (χ0n) is 14.1. The van der Waals surface area contributed by atoms with E-state index in [1.165, 1.54) is 19.2 Å². The molecule has 1 N–H and O–H groups in total. The number of morpholine rings is 1. The van der Waals surface area contributed by atoms with Gasteiger partial charge in [-0.3, -0.25) is 4.79 Å². The SMILES string of the molecule is CNS(=O)(=O)c1ccc(C(=O)N2CCO[C@](C)(c3ccccc3)C2)o1. The highest BCUT2D eigenvalue weighted by Crippen LogP contribution is 2.30. The van der Waals surface area contributed by atoms with E-state index in [4.69, 9.17) is 9.15 Å². The van der Waals surface area contributed by atoms with E-state index in [0.717, 1.165) is 5.56 Å². The number of hydrogen-bond acceptors (Lipinski definition) is 5. The van der Waals surface area contributed by atoms with E-state index >= 15 is 0 Å². The molecule has 1 saturated heterocycles. The number of nitrogens with zero attached hydrogens (tertiary/aromatic N) is 1. The first kappa shape index (κ1) is 17.7. The van der Waals surface area contributed by atoms with Crippen LogP contribution in [0.3, 0.4) is 0 Å². The molecule has 1 aliphatic heterocycles. The van der Waals surface area contributed by atoms with Gasteiger partial charge >= 0.3 is 0 Å². The van der Waals surface area contributed by atoms with Crippen LogP contribution in [-0.4, -0.2) is 46.0 Å². The van der Waals surface area contributed by atoms with Gasteiger partial charge in [-0.1, -0.05) is 30.3 Å². The van der Waals surface area contributed by atoms with Gasteiger partial charge < -0.3 is 14.1 Å². The third-order valence-corrected chi connectivity index (χ3v) is 5.56. The summed E-state index contributed by atoms with van der Waals surface area (Å²) in [6, 6.07) is 12.3. The highest BCUT2D eigenvalue weighted by Gasteiger charge is 2.36. The van der Waals surface area contributed by atoms with Crippen molar-refractivity contribution in [2.75, 3.05) is 26.7 Å². The van der Waals surface area contributed by atoms with Crippen molar-refractivity contribution in [2.45, 2.75) is 17.6 Å². The number of rotatable bonds is 4. The number of nitrogens with one attached hydrogen (secondary N) is 1. The molecular formula is C17H20N2O5S. The molecule has 1 amide bonds. The van der Waals surface area contributed by atoms with E-state index < -0.39 is 15.6 Å². The highest BCUT2D eigenvalue weighted by molar-refractivity contribution is 7.89. The van der Waals surface area contributed by atoms with E-state index in [2.05, 4.69) is 4.72 Å². The summed E-state index contributed by atoms with van der Waals surface area (Å²) in [5, 5.41) is -0.280. The van der Waals surface area contributed by atoms with Gasteiger partial charge in [-0.15, -0.1) is 0 Å². The molecule has 1 aromatic carbocycles. The summed E-state index contributed by atoms with van der Waals surface area (Å²) >= 11 is 0. The van der Waals surface area contributed by atoms with Crippen molar-refractivity contribution >= 4 is 15.9 Å². The van der Waals surface area contributed by atoms with E-state index in [1.54, 1.807) is 4.90 Å². The number of furan rings is 1. The van der Waals surface area contributed by atoms with E-state index in [9.17, 15) is 13.2 Å². The summed E-state index contributed by atoms with van der Waals surface area (Å²) in [4.78, 5) is 14.3. The van der Waals surface area contributed by atoms with Crippen LogP contribution < -0.4 is 4.72 Å². The lowest BCUT2D eigenvalue weighted by Crippen LogP contribution is -2.50. The molecule has 134 valence electrons. The maximum atomic E-state index is 12.7. The van der Waals surface area contributed by atoms with Crippen molar-refractivity contribution in [3.8, 4) is 0 Å². The highest BCUT2D eigenvalue weighted by atomic mass is 32.2. The smallest absolute Gasteiger partial charge is 0.289 e. The normalized spacial score (nSPS) is 21.3. The van der Waals surface area contributed by atoms with Gasteiger partial charge in [0, 0.05) is 6.54 Å². The molecule has 8 heteroatoms. The summed E-state index contributed by atoms with van der Waals surface area (Å²) in [5.41, 5.74) is 0.354. The maximum absolute atomic E-state index is 12.7. The number of hydrogen-bond donors (Lipinski definition) is 1. The predicted molar refractivity (Wildman–Crippen MR) is 90.6 cm³/mol. The molecule has 7 nitrogen and oxygen atoms in total. The van der Waals surface area contributed by atoms with Crippen molar-refractivity contribution < 1.29 is 22.4 Å². The summed E-state index contributed by atoms with van der Waals surface area (Å²) < 4.78 is 36.8. The Hall–Kier alpha value is -2.16. The van der Waals surface area contributed by atoms with E-state index in [0.29, 0.717) is 19.7 Å². The van der Waals surface area contributed by atoms with Crippen LogP contribution in [-0.2, 0) is 20.4 Å². The third kappa shape index (κ3) is 3.46. The molecule has 1 aromatic heterocycles. The molecule has 0 bridgehead atoms. The summed E-state index contributed by atoms with van der Waals surface area (Å²) in [6.45, 7) is 3.08. The van der Waals surface area contributed by atoms with Gasteiger partial charge in [-0.25, -0.2) is 13.1 Å². The summed E-state index contributed by atoms with van der Waals surface area (Å²) in [6.07, 6.45) is 0. The molecule has 2 heterocycles. The largest absolute Gasteiger partial charge is 0.438 e. The minimum atomic E-state index is -3.72. The molecule has 3 rings (SSSR count). The zero-order chi connectivity index (χ0) is 18.1. The molecule has 0 unspecified atom stereocenters. The van der Waals surface area contributed by atoms with Gasteiger partial charge in [0.25, 0.3) is 15.9 Å². The van der Waals surface area contributed by atoms with Gasteiger partial charge in [0.05, 0.1) is 13.2 Å². The molecule has 25 heavy (non-hydrogen) atoms. The molecular weight excluding hydrogens is 344 g/mol. The quantitative estimate of drug-likeness (QED) is 0.890. The first-order chi connectivity index (χ1) is 11.9. The van der Waals surface area contributed by atoms with Crippen LogP contribution in [0.5, 0.6) is 0 Å². The van der Waals surface area contributed by atoms with Gasteiger partial charge in [-0.05, 0) is 31.7 Å². The average molecular weight is 364 g/mol. The second-order valence-corrected chi connectivity index (χ2v) is 7.82. The first-order valence-corrected chi connectivity index (χ1v) is 9.36. The Balaban J connectivity index is 1.81. The summed E-state index contributed by atoms with van der Waals surface area (Å²) in [7, 11) is -2.44. The van der Waals surface area contributed by atoms with Gasteiger partial charge in [0.1, 0.15) is 5.60 Å². The molecule has 2 aromatic rings. The standard InChI is InChI=1S/C17H20N2O5S/c1-17(13-6-4-3-5-7-13)12-19(10-11-23-17)16(20)14-8-9-15(24-14)25(21,22)18-2/h3-9,18H,10-12H2,1-2H3/t17-/m0/s1. The average Bonchev–Trinajstić information content (AvgIpc) is 3.13. The fraction of sp³-hybridized carbons (Fsp3) is 0.353. The van der Waals surface area contributed by atoms with E-state index in [1.807, 2.05) is 37.3 Å². The number of ether oxygens (including phenoxy) is 1. The predicted octanol–water partition coefficient (Wildman–Crippen LogP) is 1.58. The number of benzene rings is 1. The fourth-order valence-corrected chi connectivity index (χ4v) is 3.49. The molecule has 0 spiro atoms. The Bertz CT molecular complexity index is 862. The van der Waals surface area contributed by atoms with Crippen molar-refractivity contribution in [3.63, 3.8) is 0 Å². The molecule has 1 fully saturated rings. The zero-order valence-corrected chi connectivity index (χ0v) is 14.9. The minimum absolute atomic E-state index is 0.00821. The second-order valence-electron chi connectivity index (χ2n) is 6.00. The topological polar surface area (TPSA) is 88.9 Å². The van der Waals surface area contributed by atoms with Crippen molar-refractivity contribution in [2.24, 2.45) is 0 Å². The molecule has 0 aliphatic carbocycles. The van der Waals surface area contributed by atoms with Crippen molar-refractivity contribution in [3.05, 3.63) is 53.8 Å². The van der Waals surface area contributed by atoms with Crippen LogP contribution >= 0.6 is 0 Å². The van der Waals surface area contributed by atoms with Crippen LogP contribution in [0.25, 0.3) is 0 Å². The van der Waals surface area contributed by atoms with E-state index in [-0.39, 0.29) is 16.8 Å². The lowest BCUT2D eigenvalue weighted by molar-refractivity contribution is -0.0935. The second kappa shape index (κ2) is 6.62. The van der Waals surface area contributed by atoms with Crippen LogP contribution in [0.4, 0.5) is 0 Å². The molecule has 0 saturated carbocycles. The van der Waals surface area contributed by atoms with Gasteiger partial charge in [0.15, 0.2) is 5.76 Å². The van der Waals surface area contributed by atoms with Crippen LogP contribution in [0.15, 0.2) is 52.0 Å². The molecule has 1 atom stereocenters. The number of carbonyl (C=O) groups is 1. The molecule has 1 aliphatic rings. The Morgan fingerprint density at radius 1 is 1.20 bits per heavy atom. The fourth-order valence-electron chi connectivity index (χ4n) is 2.84. The van der Waals surface area contributed by atoms with Crippen LogP contribution in [0.2, 0.25) is 0 Å². The Morgan fingerprint density at radius 2 is 1.92 bits per heavy atom. The number of sulfonamides is 1. The Kier molecular flexibility index (Phi) is 4.68. The summed E-state index contributed by atoms with van der Waals surface area (Å²) in [5.74, 6) is -0.367. The molecule has 0 radical (unpaired) electrons. The lowest BCUT2D eigenvalue weighted by atomic mass is 9.94. The monoisotopic (exact) mass is 364 g/mol. The number of carbonyl (C=O) groups excluding carboxylic acids is 1. The van der Waals surface area contributed by atoms with Gasteiger partial charge in [-0.2, -0.15) is 0 Å². The Morgan fingerprint density at radius 3 is 2.60 bits per heavy atom. The lowest BCUT2D eigenvalue weighted by Gasteiger charge is -2.40. The van der Waals surface area contributed by atoms with Crippen LogP contribution in [0.1, 0.15) is 23.0 Å². The number of amides is 1. The maximum Gasteiger partial charge on any atom is 0.289 e. The van der Waals surface area contributed by atoms with Crippen molar-refractivity contribution in [1.29, 1.82) is 0 Å². The van der Waals surface area contributed by atoms with Crippen LogP contribution in [0, 0.1) is 0 Å².